The molecule has 152 valence electrons. The second-order valence-corrected chi connectivity index (χ2v) is 7.35. The summed E-state index contributed by atoms with van der Waals surface area (Å²) in [6.45, 7) is 5.19. The second-order valence-electron chi connectivity index (χ2n) is 6.91. The van der Waals surface area contributed by atoms with Crippen LogP contribution >= 0.6 is 11.6 Å². The van der Waals surface area contributed by atoms with Crippen molar-refractivity contribution in [2.45, 2.75) is 13.0 Å². The molecule has 1 unspecified atom stereocenters. The highest BCUT2D eigenvalue weighted by molar-refractivity contribution is 6.30. The fourth-order valence-electron chi connectivity index (χ4n) is 3.37. The van der Waals surface area contributed by atoms with Gasteiger partial charge in [0.15, 0.2) is 11.5 Å². The molecule has 3 heterocycles. The van der Waals surface area contributed by atoms with Crippen molar-refractivity contribution in [1.29, 1.82) is 0 Å². The molecular weight excluding hydrogens is 394 g/mol. The number of furan rings is 1. The third-order valence-electron chi connectivity index (χ3n) is 4.88. The number of aryl methyl sites for hydroxylation is 1. The van der Waals surface area contributed by atoms with Crippen molar-refractivity contribution in [2.75, 3.05) is 32.8 Å². The molecule has 2 aromatic heterocycles. The molecule has 1 aromatic carbocycles. The minimum absolute atomic E-state index is 0.0733. The Balaban J connectivity index is 1.45. The Labute approximate surface area is 173 Å². The Morgan fingerprint density at radius 3 is 2.79 bits per heavy atom. The number of nitrogens with one attached hydrogen (secondary N) is 1. The number of ether oxygens (including phenoxy) is 1. The van der Waals surface area contributed by atoms with Crippen LogP contribution in [0.4, 0.5) is 0 Å². The van der Waals surface area contributed by atoms with Gasteiger partial charge in [0.05, 0.1) is 19.3 Å². The van der Waals surface area contributed by atoms with E-state index in [0.717, 1.165) is 30.2 Å². The zero-order chi connectivity index (χ0) is 20.2. The normalized spacial score (nSPS) is 15.9. The number of carbonyl (C=O) groups is 1. The monoisotopic (exact) mass is 415 g/mol. The van der Waals surface area contributed by atoms with Gasteiger partial charge in [-0.25, -0.2) is 0 Å². The smallest absolute Gasteiger partial charge is 0.273 e. The molecule has 3 aromatic rings. The van der Waals surface area contributed by atoms with Gasteiger partial charge in [-0.05, 0) is 31.2 Å². The van der Waals surface area contributed by atoms with Crippen molar-refractivity contribution in [3.63, 3.8) is 0 Å². The van der Waals surface area contributed by atoms with E-state index in [1.54, 1.807) is 18.2 Å². The van der Waals surface area contributed by atoms with Gasteiger partial charge in [0.2, 0.25) is 0 Å². The van der Waals surface area contributed by atoms with Gasteiger partial charge < -0.3 is 19.0 Å². The Morgan fingerprint density at radius 1 is 1.24 bits per heavy atom. The lowest BCUT2D eigenvalue weighted by Gasteiger charge is -2.33. The molecule has 0 bridgehead atoms. The first-order chi connectivity index (χ1) is 14.1. The molecule has 1 aliphatic heterocycles. The van der Waals surface area contributed by atoms with Crippen LogP contribution in [0.3, 0.4) is 0 Å². The molecule has 1 aliphatic rings. The van der Waals surface area contributed by atoms with E-state index in [0.29, 0.717) is 30.5 Å². The predicted octanol–water partition coefficient (Wildman–Crippen LogP) is 3.70. The van der Waals surface area contributed by atoms with Gasteiger partial charge in [-0.2, -0.15) is 0 Å². The average molecular weight is 416 g/mol. The van der Waals surface area contributed by atoms with Gasteiger partial charge in [-0.3, -0.25) is 9.69 Å². The largest absolute Gasteiger partial charge is 0.465 e. The van der Waals surface area contributed by atoms with Gasteiger partial charge >= 0.3 is 0 Å². The van der Waals surface area contributed by atoms with Gasteiger partial charge in [0.1, 0.15) is 11.5 Å². The molecule has 8 heteroatoms. The summed E-state index contributed by atoms with van der Waals surface area (Å²) in [5, 5.41) is 7.44. The Morgan fingerprint density at radius 2 is 2.07 bits per heavy atom. The lowest BCUT2D eigenvalue weighted by atomic mass is 10.1. The van der Waals surface area contributed by atoms with Gasteiger partial charge in [0.25, 0.3) is 5.91 Å². The minimum atomic E-state index is -0.302. The molecule has 29 heavy (non-hydrogen) atoms. The Hall–Kier alpha value is -2.61. The first-order valence-corrected chi connectivity index (χ1v) is 9.87. The molecule has 0 saturated carbocycles. The number of hydrogen-bond donors (Lipinski definition) is 1. The lowest BCUT2D eigenvalue weighted by Crippen LogP contribution is -2.43. The van der Waals surface area contributed by atoms with Crippen LogP contribution in [0.15, 0.2) is 51.4 Å². The number of nitrogens with zero attached hydrogens (tertiary/aromatic N) is 2. The highest BCUT2D eigenvalue weighted by Gasteiger charge is 2.26. The van der Waals surface area contributed by atoms with E-state index in [1.807, 2.05) is 31.2 Å². The molecule has 0 spiro atoms. The van der Waals surface area contributed by atoms with E-state index in [2.05, 4.69) is 15.4 Å². The summed E-state index contributed by atoms with van der Waals surface area (Å²) in [5.74, 6) is 1.85. The van der Waals surface area contributed by atoms with E-state index in [-0.39, 0.29) is 17.6 Å². The van der Waals surface area contributed by atoms with Crippen LogP contribution in [0.5, 0.6) is 0 Å². The topological polar surface area (TPSA) is 80.7 Å². The first-order valence-electron chi connectivity index (χ1n) is 9.49. The molecule has 1 atom stereocenters. The van der Waals surface area contributed by atoms with Crippen LogP contribution in [0.2, 0.25) is 5.02 Å². The van der Waals surface area contributed by atoms with E-state index in [1.165, 1.54) is 0 Å². The summed E-state index contributed by atoms with van der Waals surface area (Å²) in [5.41, 5.74) is 0.984. The molecule has 1 saturated heterocycles. The summed E-state index contributed by atoms with van der Waals surface area (Å²) in [6.07, 6.45) is 0. The van der Waals surface area contributed by atoms with E-state index >= 15 is 0 Å². The Kier molecular flexibility index (Phi) is 5.99. The van der Waals surface area contributed by atoms with Crippen molar-refractivity contribution in [3.05, 3.63) is 64.7 Å². The third-order valence-corrected chi connectivity index (χ3v) is 5.12. The summed E-state index contributed by atoms with van der Waals surface area (Å²) in [6, 6.07) is 12.6. The van der Waals surface area contributed by atoms with Crippen molar-refractivity contribution in [2.24, 2.45) is 0 Å². The number of rotatable bonds is 6. The van der Waals surface area contributed by atoms with Crippen LogP contribution in [-0.2, 0) is 4.74 Å². The number of morpholine rings is 1. The maximum Gasteiger partial charge on any atom is 0.273 e. The molecule has 7 nitrogen and oxygen atoms in total. The molecule has 1 N–H and O–H groups in total. The highest BCUT2D eigenvalue weighted by Crippen LogP contribution is 2.25. The molecule has 4 rings (SSSR count). The standard InChI is InChI=1S/C21H22ClN3O4/c1-14-5-6-19(28-14)18(25-7-9-27-10-8-25)13-23-21(26)17-12-20(29-24-17)15-3-2-4-16(22)11-15/h2-6,11-12,18H,7-10,13H2,1H3,(H,23,26). The average Bonchev–Trinajstić information content (AvgIpc) is 3.39. The maximum absolute atomic E-state index is 12.6. The third kappa shape index (κ3) is 4.70. The summed E-state index contributed by atoms with van der Waals surface area (Å²) < 4.78 is 16.6. The van der Waals surface area contributed by atoms with Gasteiger partial charge in [0, 0.05) is 36.3 Å². The zero-order valence-corrected chi connectivity index (χ0v) is 16.8. The van der Waals surface area contributed by atoms with E-state index < -0.39 is 0 Å². The van der Waals surface area contributed by atoms with Crippen LogP contribution < -0.4 is 5.32 Å². The van der Waals surface area contributed by atoms with E-state index in [4.69, 9.17) is 25.3 Å². The fourth-order valence-corrected chi connectivity index (χ4v) is 3.56. The fraction of sp³-hybridized carbons (Fsp3) is 0.333. The van der Waals surface area contributed by atoms with Crippen molar-refractivity contribution in [3.8, 4) is 11.3 Å². The highest BCUT2D eigenvalue weighted by atomic mass is 35.5. The quantitative estimate of drug-likeness (QED) is 0.661. The number of hydrogen-bond acceptors (Lipinski definition) is 6. The van der Waals surface area contributed by atoms with E-state index in [9.17, 15) is 4.79 Å². The number of halogens is 1. The summed E-state index contributed by atoms with van der Waals surface area (Å²) >= 11 is 6.02. The predicted molar refractivity (Wildman–Crippen MR) is 108 cm³/mol. The van der Waals surface area contributed by atoms with Crippen molar-refractivity contribution in [1.82, 2.24) is 15.4 Å². The van der Waals surface area contributed by atoms with Crippen LogP contribution in [0.25, 0.3) is 11.3 Å². The SMILES string of the molecule is Cc1ccc(C(CNC(=O)c2cc(-c3cccc(Cl)c3)on2)N2CCOCC2)o1. The number of amides is 1. The number of benzene rings is 1. The minimum Gasteiger partial charge on any atom is -0.465 e. The Bertz CT molecular complexity index is 978. The number of aromatic nitrogens is 1. The molecule has 1 fully saturated rings. The molecule has 0 aliphatic carbocycles. The summed E-state index contributed by atoms with van der Waals surface area (Å²) in [7, 11) is 0. The maximum atomic E-state index is 12.6. The van der Waals surface area contributed by atoms with Gasteiger partial charge in [-0.15, -0.1) is 0 Å². The molecule has 0 radical (unpaired) electrons. The molecular formula is C21H22ClN3O4. The second kappa shape index (κ2) is 8.82. The first kappa shape index (κ1) is 19.7. The van der Waals surface area contributed by atoms with Gasteiger partial charge in [-0.1, -0.05) is 28.9 Å². The lowest BCUT2D eigenvalue weighted by molar-refractivity contribution is 0.0116. The number of carbonyl (C=O) groups excluding carboxylic acids is 1. The zero-order valence-electron chi connectivity index (χ0n) is 16.1. The van der Waals surface area contributed by atoms with Crippen molar-refractivity contribution >= 4 is 17.5 Å². The summed E-state index contributed by atoms with van der Waals surface area (Å²) in [4.78, 5) is 14.9. The van der Waals surface area contributed by atoms with Crippen LogP contribution in [0, 0.1) is 6.92 Å². The van der Waals surface area contributed by atoms with Crippen LogP contribution in [-0.4, -0.2) is 48.8 Å². The van der Waals surface area contributed by atoms with Crippen molar-refractivity contribution < 1.29 is 18.5 Å². The molecule has 1 amide bonds. The van der Waals surface area contributed by atoms with Crippen LogP contribution in [0.1, 0.15) is 28.1 Å².